The molecule has 1 aromatic rings. The summed E-state index contributed by atoms with van der Waals surface area (Å²) in [7, 11) is 1.66. The molecule has 1 aliphatic rings. The summed E-state index contributed by atoms with van der Waals surface area (Å²) < 4.78 is 7.20. The van der Waals surface area contributed by atoms with Crippen LogP contribution < -0.4 is 4.74 Å². The zero-order valence-electron chi connectivity index (χ0n) is 9.49. The predicted octanol–water partition coefficient (Wildman–Crippen LogP) is 4.16. The van der Waals surface area contributed by atoms with Crippen LogP contribution in [0.4, 0.5) is 5.69 Å². The lowest BCUT2D eigenvalue weighted by Gasteiger charge is -2.08. The van der Waals surface area contributed by atoms with Crippen molar-refractivity contribution < 1.29 is 4.74 Å². The van der Waals surface area contributed by atoms with Gasteiger partial charge >= 0.3 is 0 Å². The van der Waals surface area contributed by atoms with E-state index < -0.39 is 0 Å². The van der Waals surface area contributed by atoms with Gasteiger partial charge in [0.1, 0.15) is 5.75 Å². The highest BCUT2D eigenvalue weighted by atomic mass is 127. The molecule has 0 unspecified atom stereocenters. The zero-order valence-corrected chi connectivity index (χ0v) is 13.2. The van der Waals surface area contributed by atoms with Crippen molar-refractivity contribution in [1.29, 1.82) is 0 Å². The van der Waals surface area contributed by atoms with Gasteiger partial charge in [-0.05, 0) is 63.5 Å². The topological polar surface area (TPSA) is 37.2 Å². The van der Waals surface area contributed by atoms with Crippen LogP contribution in [0.5, 0.6) is 5.75 Å². The Bertz CT molecular complexity index is 410. The van der Waals surface area contributed by atoms with E-state index in [4.69, 9.17) is 4.74 Å². The first-order chi connectivity index (χ1) is 8.20. The maximum atomic E-state index is 5.27. The standard InChI is InChI=1S/C11H13BrIN3O/c1-17-11-9(12)6-8(7-10(11)13)14-15-16-4-2-3-5-16/h6-7H,2-5H2,1H3/b15-14+. The fourth-order valence-corrected chi connectivity index (χ4v) is 3.51. The first kappa shape index (κ1) is 13.1. The Morgan fingerprint density at radius 2 is 2.06 bits per heavy atom. The molecule has 0 aromatic heterocycles. The lowest BCUT2D eigenvalue weighted by atomic mass is 10.3. The molecule has 0 atom stereocenters. The van der Waals surface area contributed by atoms with Crippen molar-refractivity contribution in [2.24, 2.45) is 10.3 Å². The quantitative estimate of drug-likeness (QED) is 0.555. The first-order valence-electron chi connectivity index (χ1n) is 5.40. The van der Waals surface area contributed by atoms with Crippen LogP contribution in [-0.4, -0.2) is 25.2 Å². The van der Waals surface area contributed by atoms with Crippen LogP contribution in [0, 0.1) is 3.57 Å². The van der Waals surface area contributed by atoms with Gasteiger partial charge in [-0.15, -0.1) is 5.11 Å². The summed E-state index contributed by atoms with van der Waals surface area (Å²) in [6.45, 7) is 2.02. The van der Waals surface area contributed by atoms with Crippen molar-refractivity contribution in [2.45, 2.75) is 12.8 Å². The number of hydrogen-bond donors (Lipinski definition) is 0. The summed E-state index contributed by atoms with van der Waals surface area (Å²) in [6.07, 6.45) is 2.42. The summed E-state index contributed by atoms with van der Waals surface area (Å²) in [4.78, 5) is 0. The molecule has 0 saturated carbocycles. The summed E-state index contributed by atoms with van der Waals surface area (Å²) >= 11 is 5.70. The minimum Gasteiger partial charge on any atom is -0.494 e. The molecule has 1 aliphatic heterocycles. The number of benzene rings is 1. The van der Waals surface area contributed by atoms with Crippen molar-refractivity contribution in [3.63, 3.8) is 0 Å². The molecular formula is C11H13BrIN3O. The fourth-order valence-electron chi connectivity index (χ4n) is 1.70. The third-order valence-electron chi connectivity index (χ3n) is 2.56. The molecule has 1 aromatic carbocycles. The molecule has 2 rings (SSSR count). The Kier molecular flexibility index (Phi) is 4.61. The smallest absolute Gasteiger partial charge is 0.146 e. The minimum atomic E-state index is 0.839. The molecular weight excluding hydrogens is 397 g/mol. The van der Waals surface area contributed by atoms with E-state index in [0.717, 1.165) is 32.6 Å². The highest BCUT2D eigenvalue weighted by Crippen LogP contribution is 2.34. The second-order valence-electron chi connectivity index (χ2n) is 3.79. The third kappa shape index (κ3) is 3.31. The van der Waals surface area contributed by atoms with Gasteiger partial charge in [-0.3, -0.25) is 5.01 Å². The summed E-state index contributed by atoms with van der Waals surface area (Å²) in [5.41, 5.74) is 0.842. The second-order valence-corrected chi connectivity index (χ2v) is 5.81. The van der Waals surface area contributed by atoms with E-state index in [-0.39, 0.29) is 0 Å². The molecule has 1 saturated heterocycles. The molecule has 6 heteroatoms. The van der Waals surface area contributed by atoms with E-state index in [1.165, 1.54) is 12.8 Å². The van der Waals surface area contributed by atoms with Crippen LogP contribution in [0.25, 0.3) is 0 Å². The lowest BCUT2D eigenvalue weighted by Crippen LogP contribution is -2.09. The van der Waals surface area contributed by atoms with Crippen molar-refractivity contribution in [3.05, 3.63) is 20.2 Å². The zero-order chi connectivity index (χ0) is 12.3. The van der Waals surface area contributed by atoms with Crippen LogP contribution in [0.15, 0.2) is 26.9 Å². The van der Waals surface area contributed by atoms with Crippen LogP contribution in [0.1, 0.15) is 12.8 Å². The SMILES string of the molecule is COc1c(Br)cc(/N=N/N2CCCC2)cc1I. The highest BCUT2D eigenvalue weighted by Gasteiger charge is 2.10. The number of ether oxygens (including phenoxy) is 1. The summed E-state index contributed by atoms with van der Waals surface area (Å²) in [5, 5.41) is 10.5. The van der Waals surface area contributed by atoms with Gasteiger partial charge in [0, 0.05) is 13.1 Å². The van der Waals surface area contributed by atoms with Crippen molar-refractivity contribution >= 4 is 44.2 Å². The largest absolute Gasteiger partial charge is 0.494 e. The van der Waals surface area contributed by atoms with E-state index in [9.17, 15) is 0 Å². The highest BCUT2D eigenvalue weighted by molar-refractivity contribution is 14.1. The molecule has 0 amide bonds. The van der Waals surface area contributed by atoms with Gasteiger partial charge in [0.05, 0.1) is 20.8 Å². The maximum Gasteiger partial charge on any atom is 0.146 e. The molecule has 0 N–H and O–H groups in total. The molecule has 0 radical (unpaired) electrons. The fraction of sp³-hybridized carbons (Fsp3) is 0.455. The van der Waals surface area contributed by atoms with Gasteiger partial charge in [-0.25, -0.2) is 0 Å². The van der Waals surface area contributed by atoms with E-state index in [0.29, 0.717) is 0 Å². The Balaban J connectivity index is 2.16. The minimum absolute atomic E-state index is 0.839. The van der Waals surface area contributed by atoms with E-state index in [1.54, 1.807) is 7.11 Å². The number of nitrogens with zero attached hydrogens (tertiary/aromatic N) is 3. The van der Waals surface area contributed by atoms with Gasteiger partial charge in [-0.2, -0.15) is 0 Å². The Morgan fingerprint density at radius 3 is 2.65 bits per heavy atom. The maximum absolute atomic E-state index is 5.27. The number of methoxy groups -OCH3 is 1. The van der Waals surface area contributed by atoms with Gasteiger partial charge in [0.25, 0.3) is 0 Å². The average molecular weight is 410 g/mol. The molecule has 0 bridgehead atoms. The molecule has 4 nitrogen and oxygen atoms in total. The second kappa shape index (κ2) is 5.99. The van der Waals surface area contributed by atoms with Gasteiger partial charge < -0.3 is 4.74 Å². The average Bonchev–Trinajstić information content (AvgIpc) is 2.79. The monoisotopic (exact) mass is 409 g/mol. The van der Waals surface area contributed by atoms with Crippen molar-refractivity contribution in [2.75, 3.05) is 20.2 Å². The molecule has 1 heterocycles. The Morgan fingerprint density at radius 1 is 1.35 bits per heavy atom. The van der Waals surface area contributed by atoms with Crippen molar-refractivity contribution in [1.82, 2.24) is 5.01 Å². The Labute approximate surface area is 123 Å². The Hall–Kier alpha value is -0.370. The van der Waals surface area contributed by atoms with Crippen molar-refractivity contribution in [3.8, 4) is 5.75 Å². The molecule has 92 valence electrons. The third-order valence-corrected chi connectivity index (χ3v) is 3.95. The number of hydrogen-bond acceptors (Lipinski definition) is 3. The lowest BCUT2D eigenvalue weighted by molar-refractivity contribution is 0.336. The van der Waals surface area contributed by atoms with Gasteiger partial charge in [0.15, 0.2) is 0 Å². The molecule has 0 spiro atoms. The van der Waals surface area contributed by atoms with Crippen LogP contribution >= 0.6 is 38.5 Å². The normalized spacial score (nSPS) is 15.8. The van der Waals surface area contributed by atoms with Crippen LogP contribution in [0.3, 0.4) is 0 Å². The molecule has 1 fully saturated rings. The number of rotatable bonds is 3. The van der Waals surface area contributed by atoms with Gasteiger partial charge in [0.2, 0.25) is 0 Å². The van der Waals surface area contributed by atoms with E-state index >= 15 is 0 Å². The number of halogens is 2. The van der Waals surface area contributed by atoms with E-state index in [1.807, 2.05) is 17.1 Å². The predicted molar refractivity (Wildman–Crippen MR) is 78.7 cm³/mol. The first-order valence-corrected chi connectivity index (χ1v) is 7.27. The van der Waals surface area contributed by atoms with Crippen LogP contribution in [0.2, 0.25) is 0 Å². The summed E-state index contributed by atoms with van der Waals surface area (Å²) in [5.74, 6) is 0.839. The molecule has 0 aliphatic carbocycles. The molecule has 17 heavy (non-hydrogen) atoms. The van der Waals surface area contributed by atoms with E-state index in [2.05, 4.69) is 48.9 Å². The van der Waals surface area contributed by atoms with Gasteiger partial charge in [-0.1, -0.05) is 5.22 Å². The van der Waals surface area contributed by atoms with Crippen LogP contribution in [-0.2, 0) is 0 Å². The summed E-state index contributed by atoms with van der Waals surface area (Å²) in [6, 6.07) is 3.88.